The van der Waals surface area contributed by atoms with Crippen molar-refractivity contribution in [2.45, 2.75) is 13.0 Å². The van der Waals surface area contributed by atoms with Crippen LogP contribution in [-0.2, 0) is 0 Å². The molecular formula is C12H16N2O3S. The first-order chi connectivity index (χ1) is 8.51. The molecule has 18 heavy (non-hydrogen) atoms. The van der Waals surface area contributed by atoms with Crippen LogP contribution in [0.2, 0.25) is 0 Å². The third-order valence-corrected chi connectivity index (χ3v) is 2.78. The smallest absolute Gasteiger partial charge is 0.259 e. The van der Waals surface area contributed by atoms with E-state index in [1.54, 1.807) is 25.1 Å². The van der Waals surface area contributed by atoms with Gasteiger partial charge in [0.2, 0.25) is 0 Å². The third-order valence-electron chi connectivity index (χ3n) is 2.43. The minimum atomic E-state index is -0.401. The van der Waals surface area contributed by atoms with Crippen LogP contribution >= 0.6 is 12.2 Å². The Hall–Kier alpha value is -1.82. The fraction of sp³-hybridized carbons (Fsp3) is 0.333. The number of ether oxygens (including phenoxy) is 2. The molecule has 0 saturated carbocycles. The van der Waals surface area contributed by atoms with Crippen molar-refractivity contribution in [3.63, 3.8) is 0 Å². The summed E-state index contributed by atoms with van der Waals surface area (Å²) in [6.07, 6.45) is 0. The quantitative estimate of drug-likeness (QED) is 0.783. The van der Waals surface area contributed by atoms with E-state index in [9.17, 15) is 4.79 Å². The molecule has 3 N–H and O–H groups in total. The first-order valence-electron chi connectivity index (χ1n) is 5.32. The summed E-state index contributed by atoms with van der Waals surface area (Å²) in [6.45, 7) is 1.71. The fourth-order valence-corrected chi connectivity index (χ4v) is 1.47. The van der Waals surface area contributed by atoms with Gasteiger partial charge in [-0.2, -0.15) is 0 Å². The average Bonchev–Trinajstić information content (AvgIpc) is 2.37. The van der Waals surface area contributed by atoms with Crippen molar-refractivity contribution in [3.05, 3.63) is 23.8 Å². The number of hydrogen-bond acceptors (Lipinski definition) is 4. The van der Waals surface area contributed by atoms with E-state index >= 15 is 0 Å². The predicted octanol–water partition coefficient (Wildman–Crippen LogP) is 1.11. The molecule has 5 nitrogen and oxygen atoms in total. The van der Waals surface area contributed by atoms with Gasteiger partial charge in [0.15, 0.2) is 0 Å². The Morgan fingerprint density at radius 1 is 1.33 bits per heavy atom. The Balaban J connectivity index is 3.07. The normalized spacial score (nSPS) is 11.5. The molecule has 1 atom stereocenters. The van der Waals surface area contributed by atoms with Crippen LogP contribution in [0.15, 0.2) is 18.2 Å². The van der Waals surface area contributed by atoms with Gasteiger partial charge in [-0.15, -0.1) is 0 Å². The van der Waals surface area contributed by atoms with E-state index in [1.165, 1.54) is 14.2 Å². The summed E-state index contributed by atoms with van der Waals surface area (Å²) in [5.74, 6) is 0.522. The molecule has 0 aromatic heterocycles. The second-order valence-electron chi connectivity index (χ2n) is 3.64. The van der Waals surface area contributed by atoms with E-state index in [4.69, 9.17) is 27.4 Å². The zero-order valence-electron chi connectivity index (χ0n) is 10.5. The van der Waals surface area contributed by atoms with Crippen LogP contribution < -0.4 is 20.5 Å². The summed E-state index contributed by atoms with van der Waals surface area (Å²) >= 11 is 4.81. The number of nitrogens with two attached hydrogens (primary N) is 1. The molecule has 0 spiro atoms. The van der Waals surface area contributed by atoms with Gasteiger partial charge in [0, 0.05) is 0 Å². The number of benzene rings is 1. The topological polar surface area (TPSA) is 73.6 Å². The Morgan fingerprint density at radius 3 is 2.22 bits per heavy atom. The number of methoxy groups -OCH3 is 2. The molecule has 0 fully saturated rings. The molecule has 0 aliphatic heterocycles. The van der Waals surface area contributed by atoms with Crippen molar-refractivity contribution in [1.29, 1.82) is 0 Å². The van der Waals surface area contributed by atoms with Crippen LogP contribution in [0.5, 0.6) is 11.5 Å². The van der Waals surface area contributed by atoms with E-state index in [1.807, 2.05) is 0 Å². The van der Waals surface area contributed by atoms with Crippen molar-refractivity contribution < 1.29 is 14.3 Å². The second kappa shape index (κ2) is 6.20. The van der Waals surface area contributed by atoms with Gasteiger partial charge in [-0.25, -0.2) is 0 Å². The Labute approximate surface area is 111 Å². The lowest BCUT2D eigenvalue weighted by Gasteiger charge is -2.16. The van der Waals surface area contributed by atoms with E-state index in [2.05, 4.69) is 5.32 Å². The lowest BCUT2D eigenvalue weighted by molar-refractivity contribution is 0.0943. The van der Waals surface area contributed by atoms with Gasteiger partial charge in [0.25, 0.3) is 5.91 Å². The number of amides is 1. The lowest BCUT2D eigenvalue weighted by atomic mass is 10.1. The minimum absolute atomic E-state index is 0.220. The van der Waals surface area contributed by atoms with Crippen LogP contribution in [0.3, 0.4) is 0 Å². The number of carbonyl (C=O) groups excluding carboxylic acids is 1. The maximum Gasteiger partial charge on any atom is 0.259 e. The number of carbonyl (C=O) groups is 1. The van der Waals surface area contributed by atoms with Gasteiger partial charge in [-0.3, -0.25) is 4.79 Å². The molecule has 1 unspecified atom stereocenters. The zero-order chi connectivity index (χ0) is 13.7. The number of nitrogens with one attached hydrogen (secondary N) is 1. The lowest BCUT2D eigenvalue weighted by Crippen LogP contribution is -2.41. The van der Waals surface area contributed by atoms with Gasteiger partial charge in [-0.05, 0) is 19.1 Å². The van der Waals surface area contributed by atoms with Crippen molar-refractivity contribution in [2.24, 2.45) is 5.73 Å². The summed E-state index contributed by atoms with van der Waals surface area (Å²) in [5, 5.41) is 2.68. The molecule has 0 aliphatic carbocycles. The molecular weight excluding hydrogens is 252 g/mol. The standard InChI is InChI=1S/C12H16N2O3S/c1-7(11(13)18)14-12(15)10-8(16-2)5-4-6-9(10)17-3/h4-7H,1-3H3,(H2,13,18)(H,14,15). The van der Waals surface area contributed by atoms with Crippen LogP contribution in [0.4, 0.5) is 0 Å². The van der Waals surface area contributed by atoms with Gasteiger partial charge in [0.05, 0.1) is 25.2 Å². The monoisotopic (exact) mass is 268 g/mol. The molecule has 1 amide bonds. The summed E-state index contributed by atoms with van der Waals surface area (Å²) in [4.78, 5) is 12.4. The van der Waals surface area contributed by atoms with Gasteiger partial charge in [0.1, 0.15) is 17.1 Å². The fourth-order valence-electron chi connectivity index (χ4n) is 1.41. The van der Waals surface area contributed by atoms with Crippen molar-refractivity contribution >= 4 is 23.1 Å². The Kier molecular flexibility index (Phi) is 4.91. The number of thiocarbonyl (C=S) groups is 1. The number of rotatable bonds is 5. The minimum Gasteiger partial charge on any atom is -0.496 e. The predicted molar refractivity (Wildman–Crippen MR) is 73.3 cm³/mol. The molecule has 1 aromatic carbocycles. The highest BCUT2D eigenvalue weighted by atomic mass is 32.1. The first kappa shape index (κ1) is 14.2. The van der Waals surface area contributed by atoms with Crippen LogP contribution in [0.25, 0.3) is 0 Å². The maximum atomic E-state index is 12.1. The van der Waals surface area contributed by atoms with Crippen molar-refractivity contribution in [1.82, 2.24) is 5.32 Å². The highest BCUT2D eigenvalue weighted by Crippen LogP contribution is 2.27. The van der Waals surface area contributed by atoms with Crippen molar-refractivity contribution in [3.8, 4) is 11.5 Å². The summed E-state index contributed by atoms with van der Waals surface area (Å²) in [5.41, 5.74) is 5.78. The van der Waals surface area contributed by atoms with Crippen LogP contribution in [-0.4, -0.2) is 31.2 Å². The van der Waals surface area contributed by atoms with Gasteiger partial charge < -0.3 is 20.5 Å². The SMILES string of the molecule is COc1cccc(OC)c1C(=O)NC(C)C(N)=S. The van der Waals surface area contributed by atoms with Crippen molar-refractivity contribution in [2.75, 3.05) is 14.2 Å². The number of hydrogen-bond donors (Lipinski definition) is 2. The zero-order valence-corrected chi connectivity index (χ0v) is 11.3. The highest BCUT2D eigenvalue weighted by molar-refractivity contribution is 7.80. The highest BCUT2D eigenvalue weighted by Gasteiger charge is 2.20. The Bertz CT molecular complexity index is 440. The Morgan fingerprint density at radius 2 is 1.83 bits per heavy atom. The van der Waals surface area contributed by atoms with E-state index < -0.39 is 6.04 Å². The molecule has 1 aromatic rings. The molecule has 0 aliphatic rings. The van der Waals surface area contributed by atoms with E-state index in [0.717, 1.165) is 0 Å². The van der Waals surface area contributed by atoms with E-state index in [-0.39, 0.29) is 10.9 Å². The summed E-state index contributed by atoms with van der Waals surface area (Å²) in [6, 6.07) is 4.71. The average molecular weight is 268 g/mol. The third kappa shape index (κ3) is 3.10. The molecule has 0 radical (unpaired) electrons. The molecule has 1 rings (SSSR count). The largest absolute Gasteiger partial charge is 0.496 e. The van der Waals surface area contributed by atoms with Crippen LogP contribution in [0, 0.1) is 0 Å². The van der Waals surface area contributed by atoms with Gasteiger partial charge in [-0.1, -0.05) is 18.3 Å². The maximum absolute atomic E-state index is 12.1. The summed E-state index contributed by atoms with van der Waals surface area (Å²) in [7, 11) is 2.98. The molecule has 98 valence electrons. The summed E-state index contributed by atoms with van der Waals surface area (Å²) < 4.78 is 10.3. The molecule has 6 heteroatoms. The molecule has 0 saturated heterocycles. The second-order valence-corrected chi connectivity index (χ2v) is 4.11. The van der Waals surface area contributed by atoms with Gasteiger partial charge >= 0.3 is 0 Å². The van der Waals surface area contributed by atoms with Crippen LogP contribution in [0.1, 0.15) is 17.3 Å². The first-order valence-corrected chi connectivity index (χ1v) is 5.73. The molecule has 0 heterocycles. The molecule has 0 bridgehead atoms. The van der Waals surface area contributed by atoms with E-state index in [0.29, 0.717) is 17.1 Å².